The Morgan fingerprint density at radius 2 is 2.13 bits per heavy atom. The highest BCUT2D eigenvalue weighted by atomic mass is 32.2. The van der Waals surface area contributed by atoms with Crippen LogP contribution >= 0.6 is 11.8 Å². The fourth-order valence-electron chi connectivity index (χ4n) is 1.54. The summed E-state index contributed by atoms with van der Waals surface area (Å²) in [4.78, 5) is 1.29. The predicted molar refractivity (Wildman–Crippen MR) is 66.8 cm³/mol. The smallest absolute Gasteiger partial charge is 0.122 e. The van der Waals surface area contributed by atoms with Crippen molar-refractivity contribution in [1.82, 2.24) is 0 Å². The van der Waals surface area contributed by atoms with Crippen molar-refractivity contribution in [1.29, 1.82) is 0 Å². The molecule has 84 valence electrons. The molecule has 0 heterocycles. The molecule has 0 aliphatic rings. The van der Waals surface area contributed by atoms with Gasteiger partial charge in [0.15, 0.2) is 0 Å². The molecular formula is C12H19NOS. The lowest BCUT2D eigenvalue weighted by Gasteiger charge is -2.09. The fraction of sp³-hybridized carbons (Fsp3) is 0.500. The SMILES string of the molecule is COc1ccc(SC)cc1CCCCN. The lowest BCUT2D eigenvalue weighted by atomic mass is 10.1. The van der Waals surface area contributed by atoms with E-state index in [1.807, 2.05) is 6.07 Å². The molecule has 0 fully saturated rings. The highest BCUT2D eigenvalue weighted by Gasteiger charge is 2.03. The second kappa shape index (κ2) is 6.75. The molecule has 2 N–H and O–H groups in total. The van der Waals surface area contributed by atoms with Gasteiger partial charge in [-0.3, -0.25) is 0 Å². The molecule has 0 amide bonds. The van der Waals surface area contributed by atoms with E-state index < -0.39 is 0 Å². The Balaban J connectivity index is 2.72. The van der Waals surface area contributed by atoms with Gasteiger partial charge in [-0.25, -0.2) is 0 Å². The van der Waals surface area contributed by atoms with Gasteiger partial charge in [-0.05, 0) is 55.8 Å². The first-order valence-corrected chi connectivity index (χ1v) is 6.45. The Morgan fingerprint density at radius 3 is 2.73 bits per heavy atom. The van der Waals surface area contributed by atoms with E-state index in [1.54, 1.807) is 18.9 Å². The highest BCUT2D eigenvalue weighted by molar-refractivity contribution is 7.98. The molecule has 0 saturated carbocycles. The third kappa shape index (κ3) is 3.76. The molecule has 0 aromatic heterocycles. The number of methoxy groups -OCH3 is 1. The van der Waals surface area contributed by atoms with E-state index in [9.17, 15) is 0 Å². The van der Waals surface area contributed by atoms with Crippen LogP contribution in [0.1, 0.15) is 18.4 Å². The molecule has 0 spiro atoms. The quantitative estimate of drug-likeness (QED) is 0.597. The molecule has 0 bridgehead atoms. The molecule has 0 unspecified atom stereocenters. The molecule has 15 heavy (non-hydrogen) atoms. The van der Waals surface area contributed by atoms with E-state index >= 15 is 0 Å². The van der Waals surface area contributed by atoms with E-state index in [2.05, 4.69) is 18.4 Å². The van der Waals surface area contributed by atoms with Crippen LogP contribution in [0.2, 0.25) is 0 Å². The van der Waals surface area contributed by atoms with Crippen LogP contribution in [0, 0.1) is 0 Å². The first kappa shape index (κ1) is 12.4. The van der Waals surface area contributed by atoms with Gasteiger partial charge in [0.25, 0.3) is 0 Å². The summed E-state index contributed by atoms with van der Waals surface area (Å²) in [5.74, 6) is 0.991. The summed E-state index contributed by atoms with van der Waals surface area (Å²) < 4.78 is 5.34. The van der Waals surface area contributed by atoms with Gasteiger partial charge in [-0.1, -0.05) is 0 Å². The van der Waals surface area contributed by atoms with Crippen molar-refractivity contribution >= 4 is 11.8 Å². The minimum Gasteiger partial charge on any atom is -0.496 e. The lowest BCUT2D eigenvalue weighted by molar-refractivity contribution is 0.408. The topological polar surface area (TPSA) is 35.2 Å². The number of nitrogens with two attached hydrogens (primary N) is 1. The van der Waals surface area contributed by atoms with Crippen LogP contribution in [0.5, 0.6) is 5.75 Å². The van der Waals surface area contributed by atoms with E-state index in [0.29, 0.717) is 0 Å². The maximum atomic E-state index is 5.48. The summed E-state index contributed by atoms with van der Waals surface area (Å²) in [7, 11) is 1.72. The summed E-state index contributed by atoms with van der Waals surface area (Å²) in [6.07, 6.45) is 5.34. The lowest BCUT2D eigenvalue weighted by Crippen LogP contribution is -2.00. The second-order valence-electron chi connectivity index (χ2n) is 3.42. The number of unbranched alkanes of at least 4 members (excludes halogenated alkanes) is 1. The van der Waals surface area contributed by atoms with Crippen molar-refractivity contribution in [2.75, 3.05) is 19.9 Å². The van der Waals surface area contributed by atoms with E-state index in [1.165, 1.54) is 10.5 Å². The van der Waals surface area contributed by atoms with Gasteiger partial charge in [0.05, 0.1) is 7.11 Å². The van der Waals surface area contributed by atoms with Crippen molar-refractivity contribution < 1.29 is 4.74 Å². The molecule has 0 saturated heterocycles. The molecular weight excluding hydrogens is 206 g/mol. The van der Waals surface area contributed by atoms with Crippen molar-refractivity contribution in [3.63, 3.8) is 0 Å². The zero-order chi connectivity index (χ0) is 11.1. The number of hydrogen-bond donors (Lipinski definition) is 1. The number of ether oxygens (including phenoxy) is 1. The summed E-state index contributed by atoms with van der Waals surface area (Å²) >= 11 is 1.76. The summed E-state index contributed by atoms with van der Waals surface area (Å²) in [6.45, 7) is 0.768. The monoisotopic (exact) mass is 225 g/mol. The van der Waals surface area contributed by atoms with Crippen molar-refractivity contribution in [2.24, 2.45) is 5.73 Å². The Bertz CT molecular complexity index is 302. The molecule has 0 atom stereocenters. The minimum atomic E-state index is 0.768. The molecule has 1 rings (SSSR count). The Labute approximate surface area is 96.2 Å². The number of thioether (sulfide) groups is 1. The minimum absolute atomic E-state index is 0.768. The van der Waals surface area contributed by atoms with Gasteiger partial charge in [-0.2, -0.15) is 0 Å². The first-order chi connectivity index (χ1) is 7.31. The van der Waals surface area contributed by atoms with Crippen LogP contribution in [-0.2, 0) is 6.42 Å². The average Bonchev–Trinajstić information content (AvgIpc) is 2.29. The number of hydrogen-bond acceptors (Lipinski definition) is 3. The van der Waals surface area contributed by atoms with Crippen molar-refractivity contribution in [3.05, 3.63) is 23.8 Å². The predicted octanol–water partition coefficient (Wildman–Crippen LogP) is 2.70. The molecule has 2 nitrogen and oxygen atoms in total. The number of rotatable bonds is 6. The highest BCUT2D eigenvalue weighted by Crippen LogP contribution is 2.25. The Morgan fingerprint density at radius 1 is 1.33 bits per heavy atom. The van der Waals surface area contributed by atoms with Crippen LogP contribution < -0.4 is 10.5 Å². The largest absolute Gasteiger partial charge is 0.496 e. The third-order valence-electron chi connectivity index (χ3n) is 2.39. The summed E-state index contributed by atoms with van der Waals surface area (Å²) in [5, 5.41) is 0. The van der Waals surface area contributed by atoms with E-state index in [-0.39, 0.29) is 0 Å². The van der Waals surface area contributed by atoms with E-state index in [0.717, 1.165) is 31.6 Å². The van der Waals surface area contributed by atoms with Gasteiger partial charge in [0.1, 0.15) is 5.75 Å². The van der Waals surface area contributed by atoms with E-state index in [4.69, 9.17) is 10.5 Å². The number of aryl methyl sites for hydroxylation is 1. The zero-order valence-electron chi connectivity index (χ0n) is 9.45. The molecule has 0 aliphatic carbocycles. The molecule has 3 heteroatoms. The fourth-order valence-corrected chi connectivity index (χ4v) is 2.00. The average molecular weight is 225 g/mol. The van der Waals surface area contributed by atoms with Crippen molar-refractivity contribution in [2.45, 2.75) is 24.2 Å². The molecule has 1 aromatic carbocycles. The van der Waals surface area contributed by atoms with Crippen molar-refractivity contribution in [3.8, 4) is 5.75 Å². The van der Waals surface area contributed by atoms with Gasteiger partial charge >= 0.3 is 0 Å². The van der Waals surface area contributed by atoms with Gasteiger partial charge < -0.3 is 10.5 Å². The first-order valence-electron chi connectivity index (χ1n) is 5.22. The van der Waals surface area contributed by atoms with Crippen LogP contribution in [0.4, 0.5) is 0 Å². The number of benzene rings is 1. The van der Waals surface area contributed by atoms with Gasteiger partial charge in [0.2, 0.25) is 0 Å². The maximum absolute atomic E-state index is 5.48. The zero-order valence-corrected chi connectivity index (χ0v) is 10.3. The second-order valence-corrected chi connectivity index (χ2v) is 4.30. The van der Waals surface area contributed by atoms with Gasteiger partial charge in [-0.15, -0.1) is 11.8 Å². The van der Waals surface area contributed by atoms with Crippen LogP contribution in [0.25, 0.3) is 0 Å². The maximum Gasteiger partial charge on any atom is 0.122 e. The summed E-state index contributed by atoms with van der Waals surface area (Å²) in [6, 6.07) is 6.35. The normalized spacial score (nSPS) is 10.3. The molecule has 0 radical (unpaired) electrons. The third-order valence-corrected chi connectivity index (χ3v) is 3.11. The van der Waals surface area contributed by atoms with Crippen LogP contribution in [0.15, 0.2) is 23.1 Å². The van der Waals surface area contributed by atoms with Crippen LogP contribution in [-0.4, -0.2) is 19.9 Å². The standard InChI is InChI=1S/C12H19NOS/c1-14-12-7-6-11(15-2)9-10(12)5-3-4-8-13/h6-7,9H,3-5,8,13H2,1-2H3. The molecule has 0 aliphatic heterocycles. The Kier molecular flexibility index (Phi) is 5.58. The van der Waals surface area contributed by atoms with Crippen LogP contribution in [0.3, 0.4) is 0 Å². The Hall–Kier alpha value is -0.670. The molecule has 1 aromatic rings. The summed E-state index contributed by atoms with van der Waals surface area (Å²) in [5.41, 5.74) is 6.77. The van der Waals surface area contributed by atoms with Gasteiger partial charge in [0, 0.05) is 4.90 Å².